The Hall–Kier alpha value is -0.220. The van der Waals surface area contributed by atoms with Crippen molar-refractivity contribution >= 4 is 17.7 Å². The molecule has 0 aromatic heterocycles. The molecule has 2 fully saturated rings. The van der Waals surface area contributed by atoms with Gasteiger partial charge in [-0.2, -0.15) is 11.8 Å². The molecule has 0 aliphatic carbocycles. The first-order valence-electron chi connectivity index (χ1n) is 6.43. The smallest absolute Gasteiger partial charge is 0.323 e. The van der Waals surface area contributed by atoms with Gasteiger partial charge in [-0.1, -0.05) is 13.8 Å². The molecule has 4 heteroatoms. The van der Waals surface area contributed by atoms with Gasteiger partial charge < -0.3 is 5.11 Å². The van der Waals surface area contributed by atoms with Crippen molar-refractivity contribution in [1.29, 1.82) is 0 Å². The van der Waals surface area contributed by atoms with Crippen molar-refractivity contribution in [3.05, 3.63) is 0 Å². The molecule has 1 N–H and O–H groups in total. The summed E-state index contributed by atoms with van der Waals surface area (Å²) in [6.45, 7) is 7.43. The van der Waals surface area contributed by atoms with Crippen LogP contribution < -0.4 is 0 Å². The lowest BCUT2D eigenvalue weighted by molar-refractivity contribution is -0.150. The van der Waals surface area contributed by atoms with Crippen LogP contribution in [0.15, 0.2) is 0 Å². The highest BCUT2D eigenvalue weighted by Crippen LogP contribution is 2.40. The van der Waals surface area contributed by atoms with Crippen molar-refractivity contribution in [2.75, 3.05) is 18.1 Å². The van der Waals surface area contributed by atoms with Gasteiger partial charge in [-0.05, 0) is 43.9 Å². The van der Waals surface area contributed by atoms with E-state index < -0.39 is 11.5 Å². The zero-order chi connectivity index (χ0) is 12.7. The van der Waals surface area contributed by atoms with E-state index in [4.69, 9.17) is 0 Å². The van der Waals surface area contributed by atoms with E-state index in [1.54, 1.807) is 0 Å². The summed E-state index contributed by atoms with van der Waals surface area (Å²) in [5.74, 6) is 1.64. The van der Waals surface area contributed by atoms with Gasteiger partial charge >= 0.3 is 5.97 Å². The van der Waals surface area contributed by atoms with E-state index in [9.17, 15) is 9.90 Å². The van der Waals surface area contributed by atoms with Gasteiger partial charge in [-0.25, -0.2) is 0 Å². The summed E-state index contributed by atoms with van der Waals surface area (Å²) < 4.78 is 0. The molecule has 2 atom stereocenters. The maximum Gasteiger partial charge on any atom is 0.323 e. The van der Waals surface area contributed by atoms with E-state index in [1.165, 1.54) is 5.75 Å². The highest BCUT2D eigenvalue weighted by molar-refractivity contribution is 7.99. The monoisotopic (exact) mass is 257 g/mol. The molecular weight excluding hydrogens is 234 g/mol. The van der Waals surface area contributed by atoms with Crippen LogP contribution in [-0.2, 0) is 4.79 Å². The second kappa shape index (κ2) is 4.47. The lowest BCUT2D eigenvalue weighted by Crippen LogP contribution is -2.55. The van der Waals surface area contributed by atoms with E-state index in [-0.39, 0.29) is 0 Å². The first-order valence-corrected chi connectivity index (χ1v) is 7.58. The van der Waals surface area contributed by atoms with E-state index in [0.29, 0.717) is 11.5 Å². The Morgan fingerprint density at radius 1 is 1.41 bits per heavy atom. The summed E-state index contributed by atoms with van der Waals surface area (Å²) in [5, 5.41) is 9.46. The lowest BCUT2D eigenvalue weighted by atomic mass is 9.86. The molecular formula is C13H23NO2S. The quantitative estimate of drug-likeness (QED) is 0.825. The van der Waals surface area contributed by atoms with Crippen LogP contribution in [-0.4, -0.2) is 45.6 Å². The maximum atomic E-state index is 11.5. The molecule has 2 aliphatic rings. The number of rotatable bonds is 2. The molecule has 0 aromatic rings. The van der Waals surface area contributed by atoms with Crippen molar-refractivity contribution in [1.82, 2.24) is 4.90 Å². The average molecular weight is 257 g/mol. The minimum atomic E-state index is -0.650. The van der Waals surface area contributed by atoms with E-state index in [1.807, 2.05) is 18.7 Å². The molecule has 2 aliphatic heterocycles. The van der Waals surface area contributed by atoms with Crippen molar-refractivity contribution < 1.29 is 9.90 Å². The molecule has 0 radical (unpaired) electrons. The van der Waals surface area contributed by atoms with Crippen molar-refractivity contribution in [2.24, 2.45) is 5.41 Å². The van der Waals surface area contributed by atoms with Gasteiger partial charge in [0.15, 0.2) is 0 Å². The van der Waals surface area contributed by atoms with Crippen LogP contribution in [0.3, 0.4) is 0 Å². The number of aliphatic carboxylic acids is 1. The summed E-state index contributed by atoms with van der Waals surface area (Å²) in [4.78, 5) is 13.7. The van der Waals surface area contributed by atoms with Crippen molar-refractivity contribution in [3.8, 4) is 0 Å². The van der Waals surface area contributed by atoms with Gasteiger partial charge in [-0.15, -0.1) is 0 Å². The van der Waals surface area contributed by atoms with E-state index in [2.05, 4.69) is 18.7 Å². The number of hydrogen-bond acceptors (Lipinski definition) is 3. The zero-order valence-corrected chi connectivity index (χ0v) is 11.8. The first-order chi connectivity index (χ1) is 7.85. The van der Waals surface area contributed by atoms with Gasteiger partial charge in [0.2, 0.25) is 0 Å². The van der Waals surface area contributed by atoms with E-state index in [0.717, 1.165) is 31.6 Å². The lowest BCUT2D eigenvalue weighted by Gasteiger charge is -2.44. The average Bonchev–Trinajstić information content (AvgIpc) is 2.60. The molecule has 2 heterocycles. The summed E-state index contributed by atoms with van der Waals surface area (Å²) in [6.07, 6.45) is 2.94. The summed E-state index contributed by atoms with van der Waals surface area (Å²) >= 11 is 1.97. The Balaban J connectivity index is 2.14. The molecule has 3 nitrogen and oxygen atoms in total. The highest BCUT2D eigenvalue weighted by atomic mass is 32.2. The predicted molar refractivity (Wildman–Crippen MR) is 71.5 cm³/mol. The number of carboxylic acid groups (broad SMARTS) is 1. The topological polar surface area (TPSA) is 40.5 Å². The second-order valence-electron chi connectivity index (χ2n) is 6.41. The summed E-state index contributed by atoms with van der Waals surface area (Å²) in [5.41, 5.74) is -0.283. The van der Waals surface area contributed by atoms with Crippen molar-refractivity contribution in [2.45, 2.75) is 51.6 Å². The molecule has 2 rings (SSSR count). The fourth-order valence-electron chi connectivity index (χ4n) is 3.23. The summed E-state index contributed by atoms with van der Waals surface area (Å²) in [6, 6.07) is 0.437. The standard InChI is InChI=1S/C13H23NO2S/c1-12(2)7-10(8-17-9-12)14-6-4-5-13(14,3)11(15)16/h10H,4-9H2,1-3H3,(H,15,16). The third-order valence-corrected chi connectivity index (χ3v) is 5.80. The molecule has 0 amide bonds. The second-order valence-corrected chi connectivity index (χ2v) is 7.44. The van der Waals surface area contributed by atoms with Crippen LogP contribution in [0, 0.1) is 5.41 Å². The van der Waals surface area contributed by atoms with E-state index >= 15 is 0 Å². The minimum Gasteiger partial charge on any atom is -0.480 e. The number of thioether (sulfide) groups is 1. The Kier molecular flexibility index (Phi) is 3.47. The maximum absolute atomic E-state index is 11.5. The first kappa shape index (κ1) is 13.2. The largest absolute Gasteiger partial charge is 0.480 e. The number of carboxylic acids is 1. The third-order valence-electron chi connectivity index (χ3n) is 4.19. The van der Waals surface area contributed by atoms with Crippen LogP contribution in [0.1, 0.15) is 40.0 Å². The molecule has 2 saturated heterocycles. The molecule has 0 saturated carbocycles. The highest BCUT2D eigenvalue weighted by Gasteiger charge is 2.47. The molecule has 0 aromatic carbocycles. The number of hydrogen-bond donors (Lipinski definition) is 1. The Bertz CT molecular complexity index is 319. The molecule has 2 unspecified atom stereocenters. The molecule has 17 heavy (non-hydrogen) atoms. The van der Waals surface area contributed by atoms with Crippen LogP contribution in [0.4, 0.5) is 0 Å². The van der Waals surface area contributed by atoms with Crippen LogP contribution in [0.2, 0.25) is 0 Å². The predicted octanol–water partition coefficient (Wildman–Crippen LogP) is 2.46. The SMILES string of the molecule is CC1(C)CSCC(N2CCCC2(C)C(=O)O)C1. The van der Waals surface area contributed by atoms with Gasteiger partial charge in [-0.3, -0.25) is 9.69 Å². The zero-order valence-electron chi connectivity index (χ0n) is 11.0. The molecule has 98 valence electrons. The fraction of sp³-hybridized carbons (Fsp3) is 0.923. The molecule has 0 spiro atoms. The number of nitrogens with zero attached hydrogens (tertiary/aromatic N) is 1. The van der Waals surface area contributed by atoms with Gasteiger partial charge in [0, 0.05) is 11.8 Å². The minimum absolute atomic E-state index is 0.343. The fourth-order valence-corrected chi connectivity index (χ4v) is 4.58. The Labute approximate surface area is 108 Å². The molecule has 0 bridgehead atoms. The van der Waals surface area contributed by atoms with Crippen molar-refractivity contribution in [3.63, 3.8) is 0 Å². The van der Waals surface area contributed by atoms with Gasteiger partial charge in [0.1, 0.15) is 5.54 Å². The van der Waals surface area contributed by atoms with Crippen LogP contribution in [0.5, 0.6) is 0 Å². The third kappa shape index (κ3) is 2.48. The number of likely N-dealkylation sites (tertiary alicyclic amines) is 1. The number of carbonyl (C=O) groups is 1. The normalized spacial score (nSPS) is 38.2. The Morgan fingerprint density at radius 3 is 2.71 bits per heavy atom. The van der Waals surface area contributed by atoms with Crippen LogP contribution in [0.25, 0.3) is 0 Å². The van der Waals surface area contributed by atoms with Crippen LogP contribution >= 0.6 is 11.8 Å². The summed E-state index contributed by atoms with van der Waals surface area (Å²) in [7, 11) is 0. The Morgan fingerprint density at radius 2 is 2.12 bits per heavy atom. The van der Waals surface area contributed by atoms with Gasteiger partial charge in [0.05, 0.1) is 0 Å². The van der Waals surface area contributed by atoms with Gasteiger partial charge in [0.25, 0.3) is 0 Å².